The van der Waals surface area contributed by atoms with Gasteiger partial charge < -0.3 is 4.42 Å². The van der Waals surface area contributed by atoms with Crippen molar-refractivity contribution < 1.29 is 26.5 Å². The van der Waals surface area contributed by atoms with E-state index in [9.17, 15) is 13.2 Å². The molecule has 1 aromatic rings. The number of hydrogen-bond donors (Lipinski definition) is 0. The molecule has 1 aliphatic rings. The zero-order valence-corrected chi connectivity index (χ0v) is 26.8. The number of unbranched alkanes of at least 4 members (excludes halogenated alkanes) is 8. The lowest BCUT2D eigenvalue weighted by molar-refractivity contribution is -0.990. The molecule has 1 aliphatic heterocycles. The van der Waals surface area contributed by atoms with Gasteiger partial charge in [0.15, 0.2) is 0 Å². The third kappa shape index (κ3) is 9.20. The Bertz CT molecular complexity index is 913. The number of hydrogen-bond acceptors (Lipinski definition) is 6. The van der Waals surface area contributed by atoms with Gasteiger partial charge in [0.1, 0.15) is 26.9 Å². The van der Waals surface area contributed by atoms with Gasteiger partial charge in [-0.1, -0.05) is 97.2 Å². The molecule has 0 spiro atoms. The van der Waals surface area contributed by atoms with E-state index in [0.717, 1.165) is 48.3 Å². The summed E-state index contributed by atoms with van der Waals surface area (Å²) >= 11 is 0. The standard InChI is InChI=1S/C29H55N2O5SSi/c1-6-10-11-12-13-14-15-16-17-18-28(32)36-31(22-20-30(5)21-23-31)37(33,34)24-19-27-25-29(35-26-27)38(7-2,8-3)9-4/h25-26H,6-24H2,1-5H3/q+1. The maximum Gasteiger partial charge on any atom is 0.368 e. The Morgan fingerprint density at radius 3 is 2.05 bits per heavy atom. The molecule has 0 unspecified atom stereocenters. The van der Waals surface area contributed by atoms with Gasteiger partial charge in [-0.15, -0.1) is 0 Å². The Hall–Kier alpha value is -1.16. The highest BCUT2D eigenvalue weighted by Gasteiger charge is 2.48. The van der Waals surface area contributed by atoms with Crippen molar-refractivity contribution >= 4 is 29.4 Å². The quantitative estimate of drug-likeness (QED) is 0.115. The SMILES string of the molecule is CCCCCCCCCCCC(=O)O[N+]1(S(=O)(=O)CCc2coc([Si](CC)(CC)CC)c2)CCN(C)CC1. The molecule has 7 nitrogen and oxygen atoms in total. The van der Waals surface area contributed by atoms with E-state index in [-0.39, 0.29) is 25.3 Å². The normalized spacial score (nSPS) is 16.6. The van der Waals surface area contributed by atoms with E-state index in [2.05, 4.69) is 38.7 Å². The smallest absolute Gasteiger partial charge is 0.368 e. The monoisotopic (exact) mass is 571 g/mol. The molecule has 0 saturated carbocycles. The predicted octanol–water partition coefficient (Wildman–Crippen LogP) is 6.01. The molecule has 0 amide bonds. The summed E-state index contributed by atoms with van der Waals surface area (Å²) in [5, 5.41) is 1.08. The summed E-state index contributed by atoms with van der Waals surface area (Å²) in [6, 6.07) is 5.44. The van der Waals surface area contributed by atoms with Crippen LogP contribution in [0.1, 0.15) is 97.5 Å². The summed E-state index contributed by atoms with van der Waals surface area (Å²) in [4.78, 5) is 20.7. The third-order valence-corrected chi connectivity index (χ3v) is 16.3. The van der Waals surface area contributed by atoms with Gasteiger partial charge in [0.25, 0.3) is 0 Å². The molecule has 0 aromatic carbocycles. The average Bonchev–Trinajstić information content (AvgIpc) is 3.39. The Morgan fingerprint density at radius 2 is 1.50 bits per heavy atom. The molecule has 2 rings (SSSR count). The largest absolute Gasteiger partial charge is 0.474 e. The number of quaternary nitrogens is 1. The number of aryl methyl sites for hydroxylation is 1. The van der Waals surface area contributed by atoms with Gasteiger partial charge >= 0.3 is 16.0 Å². The van der Waals surface area contributed by atoms with Crippen LogP contribution in [0.2, 0.25) is 18.1 Å². The molecule has 9 heteroatoms. The molecule has 0 N–H and O–H groups in total. The van der Waals surface area contributed by atoms with Gasteiger partial charge in [0.05, 0.1) is 31.2 Å². The lowest BCUT2D eigenvalue weighted by Crippen LogP contribution is -2.62. The number of furan rings is 1. The van der Waals surface area contributed by atoms with Crippen molar-refractivity contribution in [1.82, 2.24) is 4.90 Å². The first-order valence-corrected chi connectivity index (χ1v) is 19.5. The highest BCUT2D eigenvalue weighted by Crippen LogP contribution is 2.25. The number of carbonyl (C=O) groups is 1. The van der Waals surface area contributed by atoms with Crippen molar-refractivity contribution in [1.29, 1.82) is 0 Å². The molecule has 220 valence electrons. The van der Waals surface area contributed by atoms with Crippen molar-refractivity contribution in [3.8, 4) is 0 Å². The molecular weight excluding hydrogens is 516 g/mol. The summed E-state index contributed by atoms with van der Waals surface area (Å²) in [7, 11) is -3.39. The minimum atomic E-state index is -3.72. The molecule has 1 saturated heterocycles. The van der Waals surface area contributed by atoms with Crippen LogP contribution in [-0.4, -0.2) is 70.4 Å². The fraction of sp³-hybridized carbons (Fsp3) is 0.828. The fourth-order valence-corrected chi connectivity index (χ4v) is 10.7. The van der Waals surface area contributed by atoms with Crippen LogP contribution in [0.4, 0.5) is 0 Å². The minimum absolute atomic E-state index is 0.0556. The fourth-order valence-electron chi connectivity index (χ4n) is 5.58. The van der Waals surface area contributed by atoms with Crippen LogP contribution in [0.15, 0.2) is 16.7 Å². The van der Waals surface area contributed by atoms with Crippen molar-refractivity contribution in [3.05, 3.63) is 17.9 Å². The predicted molar refractivity (Wildman–Crippen MR) is 158 cm³/mol. The Kier molecular flexibility index (Phi) is 14.1. The Labute approximate surface area is 233 Å². The number of piperazine rings is 1. The van der Waals surface area contributed by atoms with E-state index in [1.54, 1.807) is 6.26 Å². The van der Waals surface area contributed by atoms with Gasteiger partial charge in [-0.3, -0.25) is 9.74 Å². The minimum Gasteiger partial charge on any atom is -0.474 e. The molecular formula is C29H55N2O5SSi+. The number of nitrogens with zero attached hydrogens (tertiary/aromatic N) is 2. The van der Waals surface area contributed by atoms with Crippen LogP contribution in [0, 0.1) is 0 Å². The van der Waals surface area contributed by atoms with E-state index in [1.807, 2.05) is 7.05 Å². The summed E-state index contributed by atoms with van der Waals surface area (Å²) in [6.07, 6.45) is 12.9. The van der Waals surface area contributed by atoms with E-state index in [1.165, 1.54) is 38.5 Å². The first-order chi connectivity index (χ1) is 18.2. The number of rotatable bonds is 19. The third-order valence-electron chi connectivity index (χ3n) is 8.76. The Morgan fingerprint density at radius 1 is 0.947 bits per heavy atom. The van der Waals surface area contributed by atoms with Crippen LogP contribution in [0.25, 0.3) is 0 Å². The van der Waals surface area contributed by atoms with E-state index in [0.29, 0.717) is 19.5 Å². The van der Waals surface area contributed by atoms with Gasteiger partial charge in [-0.05, 0) is 35.6 Å². The molecule has 1 fully saturated rings. The van der Waals surface area contributed by atoms with Crippen molar-refractivity contribution in [2.75, 3.05) is 39.0 Å². The molecule has 0 atom stereocenters. The second kappa shape index (κ2) is 16.2. The number of likely N-dealkylation sites (N-methyl/N-ethyl adjacent to an activating group) is 1. The summed E-state index contributed by atoms with van der Waals surface area (Å²) in [5.74, 6) is -0.448. The van der Waals surface area contributed by atoms with E-state index in [4.69, 9.17) is 9.25 Å². The van der Waals surface area contributed by atoms with Crippen molar-refractivity contribution in [2.24, 2.45) is 0 Å². The zero-order valence-electron chi connectivity index (χ0n) is 24.9. The van der Waals surface area contributed by atoms with Crippen LogP contribution < -0.4 is 5.38 Å². The van der Waals surface area contributed by atoms with E-state index >= 15 is 0 Å². The number of sulfonamides is 1. The van der Waals surface area contributed by atoms with Gasteiger partial charge in [-0.25, -0.2) is 4.79 Å². The van der Waals surface area contributed by atoms with Crippen LogP contribution in [0.5, 0.6) is 0 Å². The zero-order chi connectivity index (χ0) is 28.1. The van der Waals surface area contributed by atoms with Crippen LogP contribution in [-0.2, 0) is 26.1 Å². The van der Waals surface area contributed by atoms with Crippen LogP contribution in [0.3, 0.4) is 0 Å². The molecule has 0 radical (unpaired) electrons. The molecule has 2 heterocycles. The van der Waals surface area contributed by atoms with Crippen molar-refractivity contribution in [3.63, 3.8) is 0 Å². The maximum absolute atomic E-state index is 13.7. The first-order valence-electron chi connectivity index (χ1n) is 15.3. The van der Waals surface area contributed by atoms with E-state index < -0.39 is 28.1 Å². The molecule has 0 aliphatic carbocycles. The van der Waals surface area contributed by atoms with Crippen molar-refractivity contribution in [2.45, 2.75) is 116 Å². The molecule has 0 bridgehead atoms. The average molecular weight is 572 g/mol. The van der Waals surface area contributed by atoms with Crippen LogP contribution >= 0.6 is 0 Å². The van der Waals surface area contributed by atoms with Gasteiger partial charge in [0.2, 0.25) is 0 Å². The summed E-state index contributed by atoms with van der Waals surface area (Å²) in [5.41, 5.74) is 0.920. The summed E-state index contributed by atoms with van der Waals surface area (Å²) in [6.45, 7) is 10.6. The Balaban J connectivity index is 1.94. The highest BCUT2D eigenvalue weighted by atomic mass is 32.2. The number of hydroxylamine groups is 2. The highest BCUT2D eigenvalue weighted by molar-refractivity contribution is 7.85. The van der Waals surface area contributed by atoms with Gasteiger partial charge in [0, 0.05) is 0 Å². The second-order valence-electron chi connectivity index (χ2n) is 11.3. The second-order valence-corrected chi connectivity index (χ2v) is 18.7. The molecule has 1 aromatic heterocycles. The number of carbonyl (C=O) groups excluding carboxylic acids is 1. The van der Waals surface area contributed by atoms with Gasteiger partial charge in [-0.2, -0.15) is 8.42 Å². The lowest BCUT2D eigenvalue weighted by Gasteiger charge is -2.38. The molecule has 38 heavy (non-hydrogen) atoms. The first kappa shape index (κ1) is 33.0. The lowest BCUT2D eigenvalue weighted by atomic mass is 10.1. The maximum atomic E-state index is 13.7. The topological polar surface area (TPSA) is 76.8 Å². The summed E-state index contributed by atoms with van der Waals surface area (Å²) < 4.78 is 32.8.